The molecule has 2 atom stereocenters. The van der Waals surface area contributed by atoms with Crippen LogP contribution in [-0.2, 0) is 29.0 Å². The SMILES string of the molecule is O=C(CC1CCCCCC1)c1ccc(CNc2c(Cl)ccc3c2CCNCC3)c(F)c1.O=C(O)[C@H](O)[C@@H](O)C(=O)O. The summed E-state index contributed by atoms with van der Waals surface area (Å²) in [6, 6.07) is 8.92. The minimum atomic E-state index is -2.27. The zero-order valence-electron chi connectivity index (χ0n) is 22.9. The molecule has 9 nitrogen and oxygen atoms in total. The molecule has 0 unspecified atom stereocenters. The Morgan fingerprint density at radius 2 is 1.59 bits per heavy atom. The van der Waals surface area contributed by atoms with Crippen molar-refractivity contribution in [3.63, 3.8) is 0 Å². The van der Waals surface area contributed by atoms with Crippen molar-refractivity contribution in [2.45, 2.75) is 76.5 Å². The van der Waals surface area contributed by atoms with Gasteiger partial charge in [-0.05, 0) is 55.1 Å². The minimum absolute atomic E-state index is 0.0641. The van der Waals surface area contributed by atoms with Crippen molar-refractivity contribution in [2.24, 2.45) is 5.92 Å². The number of fused-ring (bicyclic) bond motifs is 1. The summed E-state index contributed by atoms with van der Waals surface area (Å²) in [6.45, 7) is 2.21. The molecule has 1 heterocycles. The minimum Gasteiger partial charge on any atom is -0.479 e. The lowest BCUT2D eigenvalue weighted by Crippen LogP contribution is -2.39. The number of aliphatic hydroxyl groups is 2. The predicted molar refractivity (Wildman–Crippen MR) is 153 cm³/mol. The normalized spacial score (nSPS) is 17.1. The van der Waals surface area contributed by atoms with E-state index in [2.05, 4.69) is 16.7 Å². The third-order valence-corrected chi connectivity index (χ3v) is 7.88. The first-order chi connectivity index (χ1) is 19.6. The molecule has 4 rings (SSSR count). The number of Topliss-reactive ketones (excluding diaryl/α,β-unsaturated/α-hetero) is 1. The number of ketones is 1. The number of carboxylic acid groups (broad SMARTS) is 2. The highest BCUT2D eigenvalue weighted by atomic mass is 35.5. The van der Waals surface area contributed by atoms with E-state index in [1.54, 1.807) is 12.1 Å². The topological polar surface area (TPSA) is 156 Å². The molecule has 0 aromatic heterocycles. The van der Waals surface area contributed by atoms with Gasteiger partial charge in [-0.25, -0.2) is 14.0 Å². The molecule has 1 saturated carbocycles. The van der Waals surface area contributed by atoms with Gasteiger partial charge in [-0.15, -0.1) is 0 Å². The number of halogens is 2. The molecule has 224 valence electrons. The molecular weight excluding hydrogens is 555 g/mol. The Balaban J connectivity index is 0.000000397. The maximum Gasteiger partial charge on any atom is 0.335 e. The Bertz CT molecular complexity index is 1200. The molecule has 0 saturated heterocycles. The fourth-order valence-electron chi connectivity index (χ4n) is 5.20. The van der Waals surface area contributed by atoms with E-state index < -0.39 is 24.1 Å². The molecule has 2 aromatic rings. The molecule has 0 bridgehead atoms. The van der Waals surface area contributed by atoms with E-state index in [-0.39, 0.29) is 11.6 Å². The second-order valence-electron chi connectivity index (χ2n) is 10.5. The number of carboxylic acids is 2. The zero-order valence-corrected chi connectivity index (χ0v) is 23.6. The van der Waals surface area contributed by atoms with Crippen LogP contribution in [0.25, 0.3) is 0 Å². The second-order valence-corrected chi connectivity index (χ2v) is 10.9. The number of nitrogens with one attached hydrogen (secondary N) is 2. The number of aliphatic carboxylic acids is 2. The molecular formula is C30H38ClFN2O7. The lowest BCUT2D eigenvalue weighted by atomic mass is 9.92. The van der Waals surface area contributed by atoms with E-state index in [0.29, 0.717) is 35.0 Å². The zero-order chi connectivity index (χ0) is 29.9. The van der Waals surface area contributed by atoms with Gasteiger partial charge >= 0.3 is 11.9 Å². The van der Waals surface area contributed by atoms with E-state index >= 15 is 0 Å². The smallest absolute Gasteiger partial charge is 0.335 e. The first-order valence-corrected chi connectivity index (χ1v) is 14.3. The molecule has 0 radical (unpaired) electrons. The monoisotopic (exact) mass is 592 g/mol. The van der Waals surface area contributed by atoms with Gasteiger partial charge in [-0.2, -0.15) is 0 Å². The van der Waals surface area contributed by atoms with Crippen LogP contribution in [0.15, 0.2) is 30.3 Å². The maximum atomic E-state index is 14.8. The standard InChI is InChI=1S/C26H32ClFN2O.C4H6O6/c27-23-10-9-19-11-13-29-14-12-22(19)26(23)30-17-21-8-7-20(16-24(21)28)25(31)15-18-5-3-1-2-4-6-18;5-1(3(7)8)2(6)4(9)10/h7-10,16,18,29-30H,1-6,11-15,17H2;1-2,5-6H,(H,7,8)(H,9,10)/t;1-,2-/m.1/s1. The first-order valence-electron chi connectivity index (χ1n) is 14.0. The summed E-state index contributed by atoms with van der Waals surface area (Å²) in [4.78, 5) is 32.2. The van der Waals surface area contributed by atoms with Gasteiger partial charge in [0.2, 0.25) is 0 Å². The van der Waals surface area contributed by atoms with Gasteiger partial charge in [0.15, 0.2) is 18.0 Å². The van der Waals surface area contributed by atoms with Gasteiger partial charge < -0.3 is 31.1 Å². The van der Waals surface area contributed by atoms with Crippen LogP contribution in [0.2, 0.25) is 5.02 Å². The number of carbonyl (C=O) groups is 3. The van der Waals surface area contributed by atoms with Gasteiger partial charge in [0.25, 0.3) is 0 Å². The summed E-state index contributed by atoms with van der Waals surface area (Å²) in [6.07, 6.45) is 5.06. The highest BCUT2D eigenvalue weighted by molar-refractivity contribution is 6.33. The summed E-state index contributed by atoms with van der Waals surface area (Å²) >= 11 is 6.47. The van der Waals surface area contributed by atoms with Crippen LogP contribution in [0.3, 0.4) is 0 Å². The summed E-state index contributed by atoms with van der Waals surface area (Å²) in [5.74, 6) is -3.36. The number of benzene rings is 2. The maximum absolute atomic E-state index is 14.8. The molecule has 41 heavy (non-hydrogen) atoms. The van der Waals surface area contributed by atoms with Crippen molar-refractivity contribution < 1.29 is 39.2 Å². The fraction of sp³-hybridized carbons (Fsp3) is 0.500. The van der Waals surface area contributed by atoms with Crippen molar-refractivity contribution in [1.82, 2.24) is 5.32 Å². The summed E-state index contributed by atoms with van der Waals surface area (Å²) in [7, 11) is 0. The number of anilines is 1. The number of aliphatic hydroxyl groups excluding tert-OH is 2. The van der Waals surface area contributed by atoms with E-state index in [1.165, 1.54) is 42.9 Å². The molecule has 0 amide bonds. The average Bonchev–Trinajstić information content (AvgIpc) is 3.35. The van der Waals surface area contributed by atoms with Gasteiger partial charge in [0.1, 0.15) is 5.82 Å². The average molecular weight is 593 g/mol. The van der Waals surface area contributed by atoms with E-state index in [0.717, 1.165) is 44.5 Å². The summed E-state index contributed by atoms with van der Waals surface area (Å²) < 4.78 is 14.8. The van der Waals surface area contributed by atoms with Gasteiger partial charge in [0, 0.05) is 24.1 Å². The van der Waals surface area contributed by atoms with E-state index in [1.807, 2.05) is 6.07 Å². The Morgan fingerprint density at radius 3 is 2.20 bits per heavy atom. The summed E-state index contributed by atoms with van der Waals surface area (Å²) in [5.41, 5.74) is 4.44. The Morgan fingerprint density at radius 1 is 0.951 bits per heavy atom. The van der Waals surface area contributed by atoms with Crippen LogP contribution in [0.4, 0.5) is 10.1 Å². The third-order valence-electron chi connectivity index (χ3n) is 7.57. The third kappa shape index (κ3) is 9.49. The Hall–Kier alpha value is -3.05. The molecule has 1 aliphatic heterocycles. The van der Waals surface area contributed by atoms with Crippen molar-refractivity contribution in [3.05, 3.63) is 63.4 Å². The molecule has 6 N–H and O–H groups in total. The number of carbonyl (C=O) groups excluding carboxylic acids is 1. The number of hydrogen-bond donors (Lipinski definition) is 6. The Labute approximate surface area is 243 Å². The second kappa shape index (κ2) is 15.8. The van der Waals surface area contributed by atoms with Crippen LogP contribution in [0.5, 0.6) is 0 Å². The summed E-state index contributed by atoms with van der Waals surface area (Å²) in [5, 5.41) is 40.0. The highest BCUT2D eigenvalue weighted by Crippen LogP contribution is 2.32. The Kier molecular flexibility index (Phi) is 12.5. The fourth-order valence-corrected chi connectivity index (χ4v) is 5.44. The lowest BCUT2D eigenvalue weighted by Gasteiger charge is -2.17. The molecule has 1 aliphatic carbocycles. The van der Waals surface area contributed by atoms with E-state index in [9.17, 15) is 18.8 Å². The van der Waals surface area contributed by atoms with Gasteiger partial charge in [0.05, 0.1) is 10.7 Å². The van der Waals surface area contributed by atoms with Gasteiger partial charge in [-0.3, -0.25) is 4.79 Å². The molecule has 11 heteroatoms. The number of rotatable bonds is 9. The van der Waals surface area contributed by atoms with Crippen LogP contribution < -0.4 is 10.6 Å². The molecule has 1 fully saturated rings. The quantitative estimate of drug-likeness (QED) is 0.185. The first kappa shape index (κ1) is 32.5. The molecule has 2 aromatic carbocycles. The van der Waals surface area contributed by atoms with Crippen molar-refractivity contribution in [2.75, 3.05) is 18.4 Å². The lowest BCUT2D eigenvalue weighted by molar-refractivity contribution is -0.165. The molecule has 2 aliphatic rings. The van der Waals surface area contributed by atoms with Gasteiger partial charge in [-0.1, -0.05) is 68.3 Å². The molecule has 0 spiro atoms. The van der Waals surface area contributed by atoms with Crippen LogP contribution in [-0.4, -0.2) is 63.4 Å². The van der Waals surface area contributed by atoms with Crippen LogP contribution >= 0.6 is 11.6 Å². The van der Waals surface area contributed by atoms with Crippen molar-refractivity contribution in [1.29, 1.82) is 0 Å². The highest BCUT2D eigenvalue weighted by Gasteiger charge is 2.29. The van der Waals surface area contributed by atoms with Crippen LogP contribution in [0, 0.1) is 11.7 Å². The predicted octanol–water partition coefficient (Wildman–Crippen LogP) is 4.20. The van der Waals surface area contributed by atoms with E-state index in [4.69, 9.17) is 32.0 Å². The number of hydrogen-bond acceptors (Lipinski definition) is 7. The van der Waals surface area contributed by atoms with Crippen LogP contribution in [0.1, 0.15) is 72.0 Å². The largest absolute Gasteiger partial charge is 0.479 e. The van der Waals surface area contributed by atoms with Crippen molar-refractivity contribution >= 4 is 35.0 Å². The van der Waals surface area contributed by atoms with Crippen molar-refractivity contribution in [3.8, 4) is 0 Å².